The molecule has 1 aromatic carbocycles. The van der Waals surface area contributed by atoms with Crippen molar-refractivity contribution in [1.29, 1.82) is 0 Å². The van der Waals surface area contributed by atoms with E-state index in [1.807, 2.05) is 19.1 Å². The van der Waals surface area contributed by atoms with Crippen LogP contribution >= 0.6 is 11.6 Å². The number of halogens is 1. The van der Waals surface area contributed by atoms with E-state index in [4.69, 9.17) is 17.3 Å². The van der Waals surface area contributed by atoms with E-state index in [9.17, 15) is 4.79 Å². The fourth-order valence-electron chi connectivity index (χ4n) is 1.50. The monoisotopic (exact) mass is 305 g/mol. The maximum atomic E-state index is 11.2. The van der Waals surface area contributed by atoms with Gasteiger partial charge >= 0.3 is 0 Å². The largest absolute Gasteiger partial charge is 0.326 e. The maximum Gasteiger partial charge on any atom is 0.224 e. The predicted molar refractivity (Wildman–Crippen MR) is 87.1 cm³/mol. The number of hydrogen-bond donors (Lipinski definition) is 2. The van der Waals surface area contributed by atoms with Crippen LogP contribution < -0.4 is 11.1 Å². The fraction of sp³-hybridized carbons (Fsp3) is 0.250. The number of hydrogen-bond acceptors (Lipinski definition) is 3. The average Bonchev–Trinajstić information content (AvgIpc) is 2.51. The molecule has 1 amide bonds. The highest BCUT2D eigenvalue weighted by molar-refractivity contribution is 6.30. The second kappa shape index (κ2) is 9.91. The van der Waals surface area contributed by atoms with E-state index in [0.29, 0.717) is 18.0 Å². The van der Waals surface area contributed by atoms with Crippen LogP contribution in [0.1, 0.15) is 25.3 Å². The number of aromatic nitrogens is 1. The number of pyridine rings is 1. The van der Waals surface area contributed by atoms with E-state index < -0.39 is 0 Å². The molecule has 1 heterocycles. The van der Waals surface area contributed by atoms with Crippen LogP contribution in [0.5, 0.6) is 0 Å². The number of carbonyl (C=O) groups excluding carboxylic acids is 1. The molecule has 0 aliphatic rings. The van der Waals surface area contributed by atoms with Gasteiger partial charge in [-0.15, -0.1) is 0 Å². The van der Waals surface area contributed by atoms with Gasteiger partial charge in [0.2, 0.25) is 5.91 Å². The van der Waals surface area contributed by atoms with Gasteiger partial charge in [0.1, 0.15) is 0 Å². The van der Waals surface area contributed by atoms with Gasteiger partial charge in [-0.3, -0.25) is 9.78 Å². The summed E-state index contributed by atoms with van der Waals surface area (Å²) in [4.78, 5) is 15.0. The molecule has 0 bridgehead atoms. The Morgan fingerprint density at radius 2 is 2.00 bits per heavy atom. The molecule has 0 atom stereocenters. The van der Waals surface area contributed by atoms with Gasteiger partial charge in [-0.1, -0.05) is 24.6 Å². The Morgan fingerprint density at radius 3 is 2.48 bits per heavy atom. The standard InChI is InChI=1S/C10H12ClNO.C6H8N2/c1-2-3-10(13)12-9-6-4-8(11)5-7-9;7-4-6-2-1-3-8-5-6/h4-7H,2-3H2,1H3,(H,12,13);1-3,5H,4,7H2. The molecule has 5 heteroatoms. The summed E-state index contributed by atoms with van der Waals surface area (Å²) in [6, 6.07) is 10.9. The van der Waals surface area contributed by atoms with Crippen molar-refractivity contribution >= 4 is 23.2 Å². The molecule has 0 radical (unpaired) electrons. The van der Waals surface area contributed by atoms with Crippen LogP contribution in [0.25, 0.3) is 0 Å². The van der Waals surface area contributed by atoms with Gasteiger partial charge in [0, 0.05) is 36.1 Å². The molecule has 112 valence electrons. The molecular formula is C16H20ClN3O. The van der Waals surface area contributed by atoms with E-state index in [0.717, 1.165) is 17.7 Å². The lowest BCUT2D eigenvalue weighted by molar-refractivity contribution is -0.116. The van der Waals surface area contributed by atoms with Crippen LogP contribution in [0.3, 0.4) is 0 Å². The summed E-state index contributed by atoms with van der Waals surface area (Å²) in [7, 11) is 0. The first-order chi connectivity index (χ1) is 10.2. The Hall–Kier alpha value is -1.91. The molecule has 2 aromatic rings. The Bertz CT molecular complexity index is 529. The van der Waals surface area contributed by atoms with Gasteiger partial charge in [0.15, 0.2) is 0 Å². The van der Waals surface area contributed by atoms with Crippen molar-refractivity contribution < 1.29 is 4.79 Å². The van der Waals surface area contributed by atoms with Crippen molar-refractivity contribution in [3.63, 3.8) is 0 Å². The highest BCUT2D eigenvalue weighted by Crippen LogP contribution is 2.13. The third-order valence-corrected chi connectivity index (χ3v) is 2.82. The minimum absolute atomic E-state index is 0.0461. The first kappa shape index (κ1) is 17.1. The van der Waals surface area contributed by atoms with Gasteiger partial charge in [0.05, 0.1) is 0 Å². The van der Waals surface area contributed by atoms with Crippen molar-refractivity contribution in [3.05, 3.63) is 59.4 Å². The maximum absolute atomic E-state index is 11.2. The van der Waals surface area contributed by atoms with Crippen LogP contribution in [0, 0.1) is 0 Å². The molecule has 4 nitrogen and oxygen atoms in total. The lowest BCUT2D eigenvalue weighted by Crippen LogP contribution is -2.10. The highest BCUT2D eigenvalue weighted by atomic mass is 35.5. The Balaban J connectivity index is 0.000000235. The van der Waals surface area contributed by atoms with Crippen LogP contribution in [-0.2, 0) is 11.3 Å². The van der Waals surface area contributed by atoms with Gasteiger partial charge in [-0.25, -0.2) is 0 Å². The molecule has 0 aliphatic heterocycles. The van der Waals surface area contributed by atoms with Gasteiger partial charge in [-0.05, 0) is 42.3 Å². The summed E-state index contributed by atoms with van der Waals surface area (Å²) < 4.78 is 0. The molecule has 2 rings (SSSR count). The zero-order valence-corrected chi connectivity index (χ0v) is 12.8. The SMILES string of the molecule is CCCC(=O)Nc1ccc(Cl)cc1.NCc1cccnc1. The number of rotatable bonds is 4. The molecule has 0 fully saturated rings. The Morgan fingerprint density at radius 1 is 1.29 bits per heavy atom. The van der Waals surface area contributed by atoms with Crippen LogP contribution in [0.2, 0.25) is 5.02 Å². The van der Waals surface area contributed by atoms with E-state index in [2.05, 4.69) is 10.3 Å². The summed E-state index contributed by atoms with van der Waals surface area (Å²) >= 11 is 5.70. The summed E-state index contributed by atoms with van der Waals surface area (Å²) in [5.74, 6) is 0.0461. The Labute approximate surface area is 130 Å². The fourth-order valence-corrected chi connectivity index (χ4v) is 1.63. The first-order valence-corrected chi connectivity index (χ1v) is 7.18. The summed E-state index contributed by atoms with van der Waals surface area (Å²) in [6.07, 6.45) is 4.92. The normalized spacial score (nSPS) is 9.48. The number of anilines is 1. The third-order valence-electron chi connectivity index (χ3n) is 2.56. The molecule has 0 saturated heterocycles. The van der Waals surface area contributed by atoms with Gasteiger partial charge in [-0.2, -0.15) is 0 Å². The number of nitrogens with one attached hydrogen (secondary N) is 1. The topological polar surface area (TPSA) is 68.0 Å². The average molecular weight is 306 g/mol. The van der Waals surface area contributed by atoms with Crippen LogP contribution in [0.15, 0.2) is 48.8 Å². The highest BCUT2D eigenvalue weighted by Gasteiger charge is 1.99. The van der Waals surface area contributed by atoms with E-state index >= 15 is 0 Å². The molecule has 0 spiro atoms. The zero-order chi connectivity index (χ0) is 15.5. The molecule has 21 heavy (non-hydrogen) atoms. The number of nitrogens with two attached hydrogens (primary N) is 1. The molecule has 3 N–H and O–H groups in total. The number of carbonyl (C=O) groups is 1. The van der Waals surface area contributed by atoms with E-state index in [1.54, 1.807) is 36.7 Å². The second-order valence-electron chi connectivity index (χ2n) is 4.37. The van der Waals surface area contributed by atoms with E-state index in [1.165, 1.54) is 0 Å². The third kappa shape index (κ3) is 7.44. The second-order valence-corrected chi connectivity index (χ2v) is 4.81. The summed E-state index contributed by atoms with van der Waals surface area (Å²) in [5, 5.41) is 3.45. The van der Waals surface area contributed by atoms with Crippen molar-refractivity contribution in [1.82, 2.24) is 4.98 Å². The minimum atomic E-state index is 0.0461. The first-order valence-electron chi connectivity index (χ1n) is 6.80. The van der Waals surface area contributed by atoms with Crippen molar-refractivity contribution in [3.8, 4) is 0 Å². The quantitative estimate of drug-likeness (QED) is 0.906. The van der Waals surface area contributed by atoms with Crippen LogP contribution in [0.4, 0.5) is 5.69 Å². The minimum Gasteiger partial charge on any atom is -0.326 e. The van der Waals surface area contributed by atoms with Gasteiger partial charge < -0.3 is 11.1 Å². The Kier molecular flexibility index (Phi) is 8.09. The molecule has 0 saturated carbocycles. The summed E-state index contributed by atoms with van der Waals surface area (Å²) in [6.45, 7) is 2.55. The van der Waals surface area contributed by atoms with Crippen LogP contribution in [-0.4, -0.2) is 10.9 Å². The molecule has 1 aromatic heterocycles. The van der Waals surface area contributed by atoms with Crippen molar-refractivity contribution in [2.75, 3.05) is 5.32 Å². The van der Waals surface area contributed by atoms with Crippen molar-refractivity contribution in [2.45, 2.75) is 26.3 Å². The predicted octanol–water partition coefficient (Wildman–Crippen LogP) is 3.62. The van der Waals surface area contributed by atoms with Gasteiger partial charge in [0.25, 0.3) is 0 Å². The zero-order valence-electron chi connectivity index (χ0n) is 12.1. The van der Waals surface area contributed by atoms with E-state index in [-0.39, 0.29) is 5.91 Å². The smallest absolute Gasteiger partial charge is 0.224 e. The number of amides is 1. The molecule has 0 unspecified atom stereocenters. The number of benzene rings is 1. The number of nitrogens with zero attached hydrogens (tertiary/aromatic N) is 1. The molecular weight excluding hydrogens is 286 g/mol. The lowest BCUT2D eigenvalue weighted by atomic mass is 10.3. The lowest BCUT2D eigenvalue weighted by Gasteiger charge is -2.03. The molecule has 0 aliphatic carbocycles. The van der Waals surface area contributed by atoms with Crippen molar-refractivity contribution in [2.24, 2.45) is 5.73 Å². The summed E-state index contributed by atoms with van der Waals surface area (Å²) in [5.41, 5.74) is 7.18.